The molecule has 4 rings (SSSR count). The average Bonchev–Trinajstić information content (AvgIpc) is 2.94. The molecule has 0 unspecified atom stereocenters. The van der Waals surface area contributed by atoms with E-state index in [9.17, 15) is 9.59 Å². The monoisotopic (exact) mass is 394 g/mol. The van der Waals surface area contributed by atoms with Gasteiger partial charge in [-0.15, -0.1) is 0 Å². The molecule has 1 atom stereocenters. The number of anilines is 1. The van der Waals surface area contributed by atoms with Crippen LogP contribution in [-0.4, -0.2) is 25.0 Å². The summed E-state index contributed by atoms with van der Waals surface area (Å²) >= 11 is 6.35. The van der Waals surface area contributed by atoms with Crippen molar-refractivity contribution in [3.63, 3.8) is 0 Å². The summed E-state index contributed by atoms with van der Waals surface area (Å²) in [6, 6.07) is 18.5. The minimum Gasteiger partial charge on any atom is -0.492 e. The molecule has 2 amide bonds. The average molecular weight is 395 g/mol. The van der Waals surface area contributed by atoms with Crippen molar-refractivity contribution in [1.29, 1.82) is 0 Å². The molecule has 0 spiro atoms. The maximum absolute atomic E-state index is 12.9. The maximum Gasteiger partial charge on any atom is 0.254 e. The Morgan fingerprint density at radius 2 is 1.89 bits per heavy atom. The summed E-state index contributed by atoms with van der Waals surface area (Å²) < 4.78 is 5.87. The van der Waals surface area contributed by atoms with E-state index >= 15 is 0 Å². The Labute approximate surface area is 167 Å². The van der Waals surface area contributed by atoms with Gasteiger partial charge in [0.05, 0.1) is 17.3 Å². The van der Waals surface area contributed by atoms with Crippen molar-refractivity contribution in [2.45, 2.75) is 13.0 Å². The van der Waals surface area contributed by atoms with E-state index < -0.39 is 6.04 Å². The van der Waals surface area contributed by atoms with Crippen LogP contribution >= 0.6 is 11.6 Å². The minimum atomic E-state index is -0.716. The Bertz CT molecular complexity index is 1070. The van der Waals surface area contributed by atoms with Gasteiger partial charge in [0.1, 0.15) is 18.4 Å². The predicted molar refractivity (Wildman–Crippen MR) is 110 cm³/mol. The van der Waals surface area contributed by atoms with Gasteiger partial charge in [0.25, 0.3) is 5.91 Å². The molecule has 6 heteroatoms. The number of carbonyl (C=O) groups excluding carboxylic acids is 2. The summed E-state index contributed by atoms with van der Waals surface area (Å²) in [5.41, 5.74) is 1.34. The fourth-order valence-corrected chi connectivity index (χ4v) is 3.81. The first-order valence-corrected chi connectivity index (χ1v) is 9.41. The van der Waals surface area contributed by atoms with Crippen molar-refractivity contribution in [2.75, 3.05) is 18.1 Å². The zero-order valence-corrected chi connectivity index (χ0v) is 16.1. The lowest BCUT2D eigenvalue weighted by Crippen LogP contribution is -2.38. The van der Waals surface area contributed by atoms with Gasteiger partial charge < -0.3 is 15.0 Å². The number of ether oxygens (including phenoxy) is 1. The number of amides is 2. The van der Waals surface area contributed by atoms with Crippen LogP contribution in [0.4, 0.5) is 5.69 Å². The number of hydrogen-bond acceptors (Lipinski definition) is 3. The summed E-state index contributed by atoms with van der Waals surface area (Å²) in [6.07, 6.45) is 0. The standard InChI is InChI=1S/C22H19ClN2O3/c1-14(26)24-20-18-7-4-8-19(23)21(18)25(22(20)27)11-12-28-17-10-9-15-5-2-3-6-16(15)13-17/h2-10,13,20H,11-12H2,1H3,(H,24,26)/t20-/m1/s1. The lowest BCUT2D eigenvalue weighted by atomic mass is 10.1. The van der Waals surface area contributed by atoms with E-state index in [0.717, 1.165) is 16.5 Å². The lowest BCUT2D eigenvalue weighted by molar-refractivity contribution is -0.126. The summed E-state index contributed by atoms with van der Waals surface area (Å²) in [6.45, 7) is 2.03. The van der Waals surface area contributed by atoms with Crippen LogP contribution in [0.25, 0.3) is 10.8 Å². The van der Waals surface area contributed by atoms with E-state index in [1.165, 1.54) is 6.92 Å². The Morgan fingerprint density at radius 1 is 1.11 bits per heavy atom. The second-order valence-corrected chi connectivity index (χ2v) is 7.07. The van der Waals surface area contributed by atoms with Crippen LogP contribution in [0.15, 0.2) is 60.7 Å². The highest BCUT2D eigenvalue weighted by atomic mass is 35.5. The van der Waals surface area contributed by atoms with Crippen LogP contribution in [-0.2, 0) is 9.59 Å². The molecular weight excluding hydrogens is 376 g/mol. The molecule has 142 valence electrons. The molecule has 1 heterocycles. The van der Waals surface area contributed by atoms with Gasteiger partial charge in [0, 0.05) is 12.5 Å². The molecular formula is C22H19ClN2O3. The van der Waals surface area contributed by atoms with E-state index in [2.05, 4.69) is 5.32 Å². The third-order valence-corrected chi connectivity index (χ3v) is 5.07. The van der Waals surface area contributed by atoms with E-state index in [-0.39, 0.29) is 11.8 Å². The molecule has 1 N–H and O–H groups in total. The molecule has 0 aromatic heterocycles. The molecule has 0 saturated heterocycles. The van der Waals surface area contributed by atoms with Crippen LogP contribution in [0.1, 0.15) is 18.5 Å². The van der Waals surface area contributed by atoms with Crippen LogP contribution in [0.3, 0.4) is 0 Å². The quantitative estimate of drug-likeness (QED) is 0.708. The lowest BCUT2D eigenvalue weighted by Gasteiger charge is -2.19. The molecule has 1 aliphatic rings. The molecule has 1 aliphatic heterocycles. The van der Waals surface area contributed by atoms with Crippen molar-refractivity contribution >= 4 is 39.9 Å². The molecule has 0 radical (unpaired) electrons. The van der Waals surface area contributed by atoms with Crippen LogP contribution in [0.5, 0.6) is 5.75 Å². The first-order valence-electron chi connectivity index (χ1n) is 9.03. The number of nitrogens with zero attached hydrogens (tertiary/aromatic N) is 1. The number of halogens is 1. The highest BCUT2D eigenvalue weighted by Gasteiger charge is 2.39. The Kier molecular flexibility index (Phi) is 4.92. The number of para-hydroxylation sites is 1. The number of hydrogen-bond donors (Lipinski definition) is 1. The second-order valence-electron chi connectivity index (χ2n) is 6.66. The highest BCUT2D eigenvalue weighted by molar-refractivity contribution is 6.34. The molecule has 0 aliphatic carbocycles. The van der Waals surface area contributed by atoms with Gasteiger partial charge in [-0.3, -0.25) is 9.59 Å². The van der Waals surface area contributed by atoms with Gasteiger partial charge >= 0.3 is 0 Å². The molecule has 28 heavy (non-hydrogen) atoms. The summed E-state index contributed by atoms with van der Waals surface area (Å²) in [5, 5.41) is 5.42. The van der Waals surface area contributed by atoms with E-state index in [1.54, 1.807) is 17.0 Å². The molecule has 3 aromatic carbocycles. The Morgan fingerprint density at radius 3 is 2.68 bits per heavy atom. The fourth-order valence-electron chi connectivity index (χ4n) is 3.53. The predicted octanol–water partition coefficient (Wildman–Crippen LogP) is 4.10. The van der Waals surface area contributed by atoms with Crippen LogP contribution in [0.2, 0.25) is 5.02 Å². The van der Waals surface area contributed by atoms with Crippen molar-refractivity contribution in [3.8, 4) is 5.75 Å². The Balaban J connectivity index is 1.51. The second kappa shape index (κ2) is 7.52. The smallest absolute Gasteiger partial charge is 0.254 e. The third kappa shape index (κ3) is 3.41. The van der Waals surface area contributed by atoms with Crippen LogP contribution < -0.4 is 15.0 Å². The molecule has 0 saturated carbocycles. The van der Waals surface area contributed by atoms with Gasteiger partial charge in [-0.05, 0) is 29.0 Å². The normalized spacial score (nSPS) is 15.6. The van der Waals surface area contributed by atoms with Gasteiger partial charge in [-0.2, -0.15) is 0 Å². The third-order valence-electron chi connectivity index (χ3n) is 4.76. The van der Waals surface area contributed by atoms with Crippen molar-refractivity contribution in [2.24, 2.45) is 0 Å². The van der Waals surface area contributed by atoms with Gasteiger partial charge in [-0.25, -0.2) is 0 Å². The zero-order valence-electron chi connectivity index (χ0n) is 15.3. The van der Waals surface area contributed by atoms with Crippen LogP contribution in [0, 0.1) is 0 Å². The molecule has 3 aromatic rings. The summed E-state index contributed by atoms with van der Waals surface area (Å²) in [4.78, 5) is 26.0. The topological polar surface area (TPSA) is 58.6 Å². The van der Waals surface area contributed by atoms with Crippen molar-refractivity contribution in [1.82, 2.24) is 5.32 Å². The van der Waals surface area contributed by atoms with Crippen molar-refractivity contribution < 1.29 is 14.3 Å². The van der Waals surface area contributed by atoms with E-state index in [0.29, 0.717) is 29.4 Å². The largest absolute Gasteiger partial charge is 0.492 e. The molecule has 5 nitrogen and oxygen atoms in total. The van der Waals surface area contributed by atoms with Gasteiger partial charge in [0.15, 0.2) is 0 Å². The molecule has 0 fully saturated rings. The number of benzene rings is 3. The fraction of sp³-hybridized carbons (Fsp3) is 0.182. The Hall–Kier alpha value is -3.05. The van der Waals surface area contributed by atoms with Crippen molar-refractivity contribution in [3.05, 3.63) is 71.2 Å². The van der Waals surface area contributed by atoms with Gasteiger partial charge in [0.2, 0.25) is 5.91 Å². The first-order chi connectivity index (χ1) is 13.5. The highest BCUT2D eigenvalue weighted by Crippen LogP contribution is 2.40. The molecule has 0 bridgehead atoms. The summed E-state index contributed by atoms with van der Waals surface area (Å²) in [5.74, 6) is 0.266. The van der Waals surface area contributed by atoms with E-state index in [1.807, 2.05) is 48.5 Å². The first kappa shape index (κ1) is 18.3. The number of fused-ring (bicyclic) bond motifs is 2. The maximum atomic E-state index is 12.9. The number of carbonyl (C=O) groups is 2. The minimum absolute atomic E-state index is 0.208. The summed E-state index contributed by atoms with van der Waals surface area (Å²) in [7, 11) is 0. The number of rotatable bonds is 5. The van der Waals surface area contributed by atoms with E-state index in [4.69, 9.17) is 16.3 Å². The number of nitrogens with one attached hydrogen (secondary N) is 1. The zero-order chi connectivity index (χ0) is 19.7. The van der Waals surface area contributed by atoms with Gasteiger partial charge in [-0.1, -0.05) is 54.1 Å². The SMILES string of the molecule is CC(=O)N[C@H]1C(=O)N(CCOc2ccc3ccccc3c2)c2c(Cl)cccc21.